The van der Waals surface area contributed by atoms with Crippen LogP contribution in [0.25, 0.3) is 0 Å². The van der Waals surface area contributed by atoms with Crippen LogP contribution in [0.3, 0.4) is 0 Å². The van der Waals surface area contributed by atoms with E-state index >= 15 is 0 Å². The zero-order chi connectivity index (χ0) is 9.57. The molecular formula is C9H14O3. The maximum Gasteiger partial charge on any atom is 0.310 e. The van der Waals surface area contributed by atoms with Gasteiger partial charge < -0.3 is 5.11 Å². The van der Waals surface area contributed by atoms with Crippen LogP contribution in [0.15, 0.2) is 0 Å². The quantitative estimate of drug-likeness (QED) is 0.648. The molecule has 1 fully saturated rings. The summed E-state index contributed by atoms with van der Waals surface area (Å²) in [5.74, 6) is -0.800. The molecule has 0 amide bonds. The van der Waals surface area contributed by atoms with Gasteiger partial charge in [0.1, 0.15) is 5.78 Å². The number of Topliss-reactive ketones (excluding diaryl/α,β-unsaturated/α-hetero) is 1. The summed E-state index contributed by atoms with van der Waals surface area (Å²) in [7, 11) is 0. The number of rotatable bonds is 1. The molecule has 1 atom stereocenters. The van der Waals surface area contributed by atoms with Gasteiger partial charge >= 0.3 is 5.97 Å². The molecule has 0 aromatic rings. The normalized spacial score (nSPS) is 33.8. The summed E-state index contributed by atoms with van der Waals surface area (Å²) in [6.07, 6.45) is 0.865. The fourth-order valence-electron chi connectivity index (χ4n) is 1.67. The average Bonchev–Trinajstić information content (AvgIpc) is 2.15. The van der Waals surface area contributed by atoms with Gasteiger partial charge in [-0.3, -0.25) is 9.59 Å². The van der Waals surface area contributed by atoms with Gasteiger partial charge in [-0.25, -0.2) is 0 Å². The number of carbonyl (C=O) groups is 2. The molecule has 1 aliphatic rings. The van der Waals surface area contributed by atoms with Gasteiger partial charge in [0.15, 0.2) is 0 Å². The van der Waals surface area contributed by atoms with Crippen LogP contribution in [-0.4, -0.2) is 16.9 Å². The lowest BCUT2D eigenvalue weighted by atomic mass is 9.69. The molecule has 68 valence electrons. The van der Waals surface area contributed by atoms with E-state index in [4.69, 9.17) is 5.11 Å². The number of carboxylic acid groups (broad SMARTS) is 1. The Morgan fingerprint density at radius 2 is 1.92 bits per heavy atom. The molecule has 0 heterocycles. The van der Waals surface area contributed by atoms with E-state index in [1.807, 2.05) is 0 Å². The number of aliphatic carboxylic acids is 1. The minimum absolute atomic E-state index is 0.0624. The van der Waals surface area contributed by atoms with E-state index in [1.165, 1.54) is 0 Å². The summed E-state index contributed by atoms with van der Waals surface area (Å²) < 4.78 is 0. The van der Waals surface area contributed by atoms with Gasteiger partial charge in [-0.05, 0) is 13.3 Å². The topological polar surface area (TPSA) is 54.4 Å². The van der Waals surface area contributed by atoms with E-state index in [0.717, 1.165) is 0 Å². The Kier molecular flexibility index (Phi) is 1.78. The molecule has 3 nitrogen and oxygen atoms in total. The van der Waals surface area contributed by atoms with Crippen LogP contribution < -0.4 is 0 Å². The van der Waals surface area contributed by atoms with Crippen molar-refractivity contribution in [2.75, 3.05) is 0 Å². The fraction of sp³-hybridized carbons (Fsp3) is 0.778. The summed E-state index contributed by atoms with van der Waals surface area (Å²) in [5.41, 5.74) is -1.58. The Morgan fingerprint density at radius 1 is 1.42 bits per heavy atom. The number of ketones is 1. The van der Waals surface area contributed by atoms with Crippen LogP contribution >= 0.6 is 0 Å². The van der Waals surface area contributed by atoms with Gasteiger partial charge in [-0.1, -0.05) is 13.8 Å². The highest BCUT2D eigenvalue weighted by Crippen LogP contribution is 2.50. The smallest absolute Gasteiger partial charge is 0.310 e. The lowest BCUT2D eigenvalue weighted by molar-refractivity contribution is -0.155. The summed E-state index contributed by atoms with van der Waals surface area (Å²) in [6.45, 7) is 5.09. The zero-order valence-corrected chi connectivity index (χ0v) is 7.68. The molecule has 0 unspecified atom stereocenters. The zero-order valence-electron chi connectivity index (χ0n) is 7.68. The summed E-state index contributed by atoms with van der Waals surface area (Å²) in [4.78, 5) is 22.3. The molecule has 1 aliphatic carbocycles. The second-order valence-electron chi connectivity index (χ2n) is 4.19. The minimum Gasteiger partial charge on any atom is -0.481 e. The van der Waals surface area contributed by atoms with Gasteiger partial charge in [0.05, 0.1) is 5.41 Å². The Balaban J connectivity index is 3.10. The first-order valence-electron chi connectivity index (χ1n) is 4.09. The van der Waals surface area contributed by atoms with Crippen molar-refractivity contribution in [3.8, 4) is 0 Å². The molecule has 0 bridgehead atoms. The largest absolute Gasteiger partial charge is 0.481 e. The fourth-order valence-corrected chi connectivity index (χ4v) is 1.67. The van der Waals surface area contributed by atoms with Crippen LogP contribution in [0.1, 0.15) is 33.6 Å². The number of carboxylic acids is 1. The predicted molar refractivity (Wildman–Crippen MR) is 43.8 cm³/mol. The highest BCUT2D eigenvalue weighted by molar-refractivity contribution is 5.94. The van der Waals surface area contributed by atoms with Gasteiger partial charge in [-0.2, -0.15) is 0 Å². The highest BCUT2D eigenvalue weighted by atomic mass is 16.4. The van der Waals surface area contributed by atoms with Crippen LogP contribution in [-0.2, 0) is 9.59 Å². The Morgan fingerprint density at radius 3 is 2.08 bits per heavy atom. The van der Waals surface area contributed by atoms with E-state index in [1.54, 1.807) is 20.8 Å². The van der Waals surface area contributed by atoms with Crippen molar-refractivity contribution in [1.82, 2.24) is 0 Å². The number of carbonyl (C=O) groups excluding carboxylic acids is 1. The van der Waals surface area contributed by atoms with Crippen molar-refractivity contribution < 1.29 is 14.7 Å². The molecule has 0 saturated heterocycles. The molecule has 1 rings (SSSR count). The average molecular weight is 170 g/mol. The van der Waals surface area contributed by atoms with Crippen molar-refractivity contribution in [2.45, 2.75) is 33.6 Å². The predicted octanol–water partition coefficient (Wildman–Crippen LogP) is 1.47. The van der Waals surface area contributed by atoms with Crippen molar-refractivity contribution >= 4 is 11.8 Å². The minimum atomic E-state index is -0.871. The number of hydrogen-bond acceptors (Lipinski definition) is 2. The maximum atomic E-state index is 11.4. The van der Waals surface area contributed by atoms with Gasteiger partial charge in [-0.15, -0.1) is 0 Å². The molecule has 12 heavy (non-hydrogen) atoms. The third-order valence-corrected chi connectivity index (χ3v) is 3.40. The molecule has 3 heteroatoms. The van der Waals surface area contributed by atoms with E-state index < -0.39 is 16.8 Å². The van der Waals surface area contributed by atoms with E-state index in [0.29, 0.717) is 12.8 Å². The lowest BCUT2D eigenvalue weighted by Gasteiger charge is -2.32. The first kappa shape index (κ1) is 9.23. The first-order valence-corrected chi connectivity index (χ1v) is 4.09. The molecular weight excluding hydrogens is 156 g/mol. The first-order chi connectivity index (χ1) is 5.32. The molecule has 0 spiro atoms. The van der Waals surface area contributed by atoms with Crippen LogP contribution in [0.5, 0.6) is 0 Å². The Hall–Kier alpha value is -0.860. The van der Waals surface area contributed by atoms with Crippen molar-refractivity contribution in [3.63, 3.8) is 0 Å². The van der Waals surface area contributed by atoms with Gasteiger partial charge in [0.2, 0.25) is 0 Å². The van der Waals surface area contributed by atoms with E-state index in [2.05, 4.69) is 0 Å². The monoisotopic (exact) mass is 170 g/mol. The summed E-state index contributed by atoms with van der Waals surface area (Å²) in [5, 5.41) is 8.97. The lowest BCUT2D eigenvalue weighted by Crippen LogP contribution is -2.40. The number of hydrogen-bond donors (Lipinski definition) is 1. The molecule has 0 radical (unpaired) electrons. The van der Waals surface area contributed by atoms with E-state index in [9.17, 15) is 9.59 Å². The highest BCUT2D eigenvalue weighted by Gasteiger charge is 2.55. The molecule has 0 aromatic heterocycles. The summed E-state index contributed by atoms with van der Waals surface area (Å²) in [6, 6.07) is 0. The molecule has 1 saturated carbocycles. The summed E-state index contributed by atoms with van der Waals surface area (Å²) >= 11 is 0. The molecule has 0 aliphatic heterocycles. The van der Waals surface area contributed by atoms with Crippen LogP contribution in [0, 0.1) is 10.8 Å². The molecule has 0 aromatic carbocycles. The third-order valence-electron chi connectivity index (χ3n) is 3.40. The van der Waals surface area contributed by atoms with Gasteiger partial charge in [0.25, 0.3) is 0 Å². The Bertz CT molecular complexity index is 242. The Labute approximate surface area is 71.8 Å². The van der Waals surface area contributed by atoms with Gasteiger partial charge in [0, 0.05) is 11.8 Å². The third kappa shape index (κ3) is 0.886. The van der Waals surface area contributed by atoms with Crippen LogP contribution in [0.2, 0.25) is 0 Å². The van der Waals surface area contributed by atoms with Crippen molar-refractivity contribution in [1.29, 1.82) is 0 Å². The second kappa shape index (κ2) is 2.31. The van der Waals surface area contributed by atoms with Crippen molar-refractivity contribution in [2.24, 2.45) is 10.8 Å². The molecule has 1 N–H and O–H groups in total. The second-order valence-corrected chi connectivity index (χ2v) is 4.19. The van der Waals surface area contributed by atoms with Crippen molar-refractivity contribution in [3.05, 3.63) is 0 Å². The SMILES string of the molecule is CC1(C)C(=O)CC[C@]1(C)C(=O)O. The maximum absolute atomic E-state index is 11.4. The van der Waals surface area contributed by atoms with E-state index in [-0.39, 0.29) is 5.78 Å². The standard InChI is InChI=1S/C9H14O3/c1-8(2)6(10)4-5-9(8,3)7(11)12/h4-5H2,1-3H3,(H,11,12)/t9-/m1/s1. The van der Waals surface area contributed by atoms with Crippen LogP contribution in [0.4, 0.5) is 0 Å².